The number of amides is 1. The van der Waals surface area contributed by atoms with Crippen LogP contribution in [-0.4, -0.2) is 33.0 Å². The van der Waals surface area contributed by atoms with Crippen molar-refractivity contribution in [3.8, 4) is 0 Å². The lowest BCUT2D eigenvalue weighted by atomic mass is 9.92. The van der Waals surface area contributed by atoms with Gasteiger partial charge in [0.05, 0.1) is 12.2 Å². The van der Waals surface area contributed by atoms with Crippen LogP contribution >= 0.6 is 11.3 Å². The lowest BCUT2D eigenvalue weighted by Crippen LogP contribution is -2.34. The van der Waals surface area contributed by atoms with Crippen LogP contribution < -0.4 is 11.1 Å². The highest BCUT2D eigenvalue weighted by Gasteiger charge is 2.22. The lowest BCUT2D eigenvalue weighted by Gasteiger charge is -2.25. The first-order valence-electron chi connectivity index (χ1n) is 8.12. The molecule has 2 heterocycles. The summed E-state index contributed by atoms with van der Waals surface area (Å²) in [5.41, 5.74) is 6.32. The Morgan fingerprint density at radius 1 is 1.48 bits per heavy atom. The molecule has 1 amide bonds. The van der Waals surface area contributed by atoms with Crippen LogP contribution in [0.2, 0.25) is 0 Å². The molecule has 0 unspecified atom stereocenters. The summed E-state index contributed by atoms with van der Waals surface area (Å²) in [6, 6.07) is 4.79. The summed E-state index contributed by atoms with van der Waals surface area (Å²) < 4.78 is 1.82. The molecular weight excluding hydrogens is 310 g/mol. The van der Waals surface area contributed by atoms with Gasteiger partial charge < -0.3 is 11.1 Å². The molecule has 3 N–H and O–H groups in total. The van der Waals surface area contributed by atoms with Gasteiger partial charge in [0.1, 0.15) is 0 Å². The Morgan fingerprint density at radius 3 is 2.96 bits per heavy atom. The van der Waals surface area contributed by atoms with Crippen LogP contribution in [0.1, 0.15) is 54.0 Å². The third-order valence-corrected chi connectivity index (χ3v) is 5.22. The van der Waals surface area contributed by atoms with E-state index >= 15 is 0 Å². The van der Waals surface area contributed by atoms with E-state index in [0.717, 1.165) is 32.1 Å². The zero-order valence-electron chi connectivity index (χ0n) is 13.3. The molecule has 0 radical (unpaired) electrons. The van der Waals surface area contributed by atoms with E-state index in [1.54, 1.807) is 17.5 Å². The molecule has 1 aliphatic carbocycles. The molecule has 0 saturated heterocycles. The second-order valence-electron chi connectivity index (χ2n) is 6.31. The van der Waals surface area contributed by atoms with Gasteiger partial charge in [-0.25, -0.2) is 4.68 Å². The summed E-state index contributed by atoms with van der Waals surface area (Å²) in [7, 11) is 0. The maximum Gasteiger partial charge on any atom is 0.273 e. The molecule has 23 heavy (non-hydrogen) atoms. The van der Waals surface area contributed by atoms with E-state index in [1.165, 1.54) is 4.88 Å². The Bertz CT molecular complexity index is 631. The zero-order chi connectivity index (χ0) is 16.2. The first-order chi connectivity index (χ1) is 11.1. The fraction of sp³-hybridized carbons (Fsp3) is 0.562. The van der Waals surface area contributed by atoms with Crippen molar-refractivity contribution in [2.24, 2.45) is 5.73 Å². The van der Waals surface area contributed by atoms with Crippen molar-refractivity contribution in [1.29, 1.82) is 0 Å². The van der Waals surface area contributed by atoms with Crippen molar-refractivity contribution >= 4 is 17.2 Å². The molecule has 0 aromatic carbocycles. The van der Waals surface area contributed by atoms with Gasteiger partial charge in [-0.05, 0) is 44.1 Å². The van der Waals surface area contributed by atoms with Crippen molar-refractivity contribution in [3.63, 3.8) is 0 Å². The van der Waals surface area contributed by atoms with Crippen molar-refractivity contribution < 1.29 is 4.79 Å². The number of hydrogen-bond donors (Lipinski definition) is 2. The number of hydrogen-bond acceptors (Lipinski definition) is 5. The largest absolute Gasteiger partial charge is 0.348 e. The first-order valence-corrected chi connectivity index (χ1v) is 9.00. The van der Waals surface area contributed by atoms with Crippen LogP contribution in [0.3, 0.4) is 0 Å². The molecule has 1 saturated carbocycles. The van der Waals surface area contributed by atoms with Crippen molar-refractivity contribution in [2.45, 2.75) is 57.2 Å². The molecule has 1 aliphatic rings. The second kappa shape index (κ2) is 7.23. The van der Waals surface area contributed by atoms with E-state index in [9.17, 15) is 4.79 Å². The van der Waals surface area contributed by atoms with Gasteiger partial charge in [-0.15, -0.1) is 16.4 Å². The van der Waals surface area contributed by atoms with Gasteiger partial charge in [0.15, 0.2) is 5.69 Å². The molecule has 6 nitrogen and oxygen atoms in total. The number of nitrogens with two attached hydrogens (primary N) is 1. The maximum atomic E-state index is 12.3. The third kappa shape index (κ3) is 4.17. The van der Waals surface area contributed by atoms with Crippen molar-refractivity contribution in [3.05, 3.63) is 34.3 Å². The summed E-state index contributed by atoms with van der Waals surface area (Å²) in [5, 5.41) is 13.2. The normalized spacial score (nSPS) is 22.7. The molecule has 0 aliphatic heterocycles. The van der Waals surface area contributed by atoms with E-state index in [1.807, 2.05) is 23.1 Å². The molecule has 2 aromatic rings. The molecule has 1 atom stereocenters. The SMILES string of the molecule is C[C@@H](Cc1cccs1)NC(=O)c1cn(C2CCC(N)CC2)nn1. The molecule has 1 fully saturated rings. The minimum atomic E-state index is -0.159. The molecule has 2 aromatic heterocycles. The van der Waals surface area contributed by atoms with Crippen LogP contribution in [0.5, 0.6) is 0 Å². The molecule has 0 bridgehead atoms. The van der Waals surface area contributed by atoms with Crippen LogP contribution in [0.15, 0.2) is 23.7 Å². The molecule has 7 heteroatoms. The standard InChI is InChI=1S/C16H23N5OS/c1-11(9-14-3-2-8-23-14)18-16(22)15-10-21(20-19-15)13-6-4-12(17)5-7-13/h2-3,8,10-13H,4-7,9,17H2,1H3,(H,18,22)/t11-,12?,13?/m0/s1. The van der Waals surface area contributed by atoms with Crippen molar-refractivity contribution in [2.75, 3.05) is 0 Å². The Labute approximate surface area is 140 Å². The van der Waals surface area contributed by atoms with E-state index in [0.29, 0.717) is 17.8 Å². The Kier molecular flexibility index (Phi) is 5.07. The van der Waals surface area contributed by atoms with Crippen LogP contribution in [0.25, 0.3) is 0 Å². The van der Waals surface area contributed by atoms with Gasteiger partial charge in [-0.1, -0.05) is 11.3 Å². The highest BCUT2D eigenvalue weighted by molar-refractivity contribution is 7.09. The molecule has 124 valence electrons. The number of carbonyl (C=O) groups excluding carboxylic acids is 1. The van der Waals surface area contributed by atoms with Gasteiger partial charge in [0.2, 0.25) is 0 Å². The van der Waals surface area contributed by atoms with E-state index < -0.39 is 0 Å². The highest BCUT2D eigenvalue weighted by Crippen LogP contribution is 2.26. The van der Waals surface area contributed by atoms with E-state index in [-0.39, 0.29) is 11.9 Å². The third-order valence-electron chi connectivity index (χ3n) is 4.32. The summed E-state index contributed by atoms with van der Waals surface area (Å²) in [4.78, 5) is 13.6. The maximum absolute atomic E-state index is 12.3. The van der Waals surface area contributed by atoms with Crippen LogP contribution in [0, 0.1) is 0 Å². The number of carbonyl (C=O) groups is 1. The van der Waals surface area contributed by atoms with Gasteiger partial charge in [-0.2, -0.15) is 0 Å². The molecule has 0 spiro atoms. The average molecular weight is 333 g/mol. The minimum Gasteiger partial charge on any atom is -0.348 e. The van der Waals surface area contributed by atoms with Crippen molar-refractivity contribution in [1.82, 2.24) is 20.3 Å². The summed E-state index contributed by atoms with van der Waals surface area (Å²) in [6.07, 6.45) is 6.60. The summed E-state index contributed by atoms with van der Waals surface area (Å²) in [6.45, 7) is 2.00. The van der Waals surface area contributed by atoms with Crippen LogP contribution in [0.4, 0.5) is 0 Å². The Morgan fingerprint density at radius 2 is 2.26 bits per heavy atom. The summed E-state index contributed by atoms with van der Waals surface area (Å²) in [5.74, 6) is -0.159. The zero-order valence-corrected chi connectivity index (χ0v) is 14.1. The number of nitrogens with one attached hydrogen (secondary N) is 1. The van der Waals surface area contributed by atoms with Gasteiger partial charge in [0.25, 0.3) is 5.91 Å². The number of nitrogens with zero attached hydrogens (tertiary/aromatic N) is 3. The van der Waals surface area contributed by atoms with E-state index in [4.69, 9.17) is 5.73 Å². The fourth-order valence-corrected chi connectivity index (χ4v) is 3.84. The number of aromatic nitrogens is 3. The Hall–Kier alpha value is -1.73. The van der Waals surface area contributed by atoms with E-state index in [2.05, 4.69) is 21.7 Å². The predicted molar refractivity (Wildman–Crippen MR) is 90.5 cm³/mol. The molecule has 3 rings (SSSR count). The quantitative estimate of drug-likeness (QED) is 0.878. The first kappa shape index (κ1) is 16.1. The second-order valence-corrected chi connectivity index (χ2v) is 7.34. The fourth-order valence-electron chi connectivity index (χ4n) is 3.00. The Balaban J connectivity index is 1.55. The molecular formula is C16H23N5OS. The topological polar surface area (TPSA) is 85.8 Å². The van der Waals surface area contributed by atoms with Crippen LogP contribution in [-0.2, 0) is 6.42 Å². The highest BCUT2D eigenvalue weighted by atomic mass is 32.1. The smallest absolute Gasteiger partial charge is 0.273 e. The number of thiophene rings is 1. The number of rotatable bonds is 5. The van der Waals surface area contributed by atoms with Gasteiger partial charge in [0, 0.05) is 23.4 Å². The summed E-state index contributed by atoms with van der Waals surface area (Å²) >= 11 is 1.70. The average Bonchev–Trinajstić information content (AvgIpc) is 3.19. The predicted octanol–water partition coefficient (Wildman–Crippen LogP) is 2.14. The minimum absolute atomic E-state index is 0.0685. The van der Waals surface area contributed by atoms with Gasteiger partial charge >= 0.3 is 0 Å². The lowest BCUT2D eigenvalue weighted by molar-refractivity contribution is 0.0935. The van der Waals surface area contributed by atoms with Gasteiger partial charge in [-0.3, -0.25) is 4.79 Å². The monoisotopic (exact) mass is 333 g/mol.